The second-order valence-electron chi connectivity index (χ2n) is 9.95. The predicted octanol–water partition coefficient (Wildman–Crippen LogP) is 4.68. The van der Waals surface area contributed by atoms with Crippen LogP contribution in [0.5, 0.6) is 5.75 Å². The van der Waals surface area contributed by atoms with Crippen LogP contribution in [0, 0.1) is 10.1 Å². The summed E-state index contributed by atoms with van der Waals surface area (Å²) in [4.78, 5) is 24.9. The molecule has 0 saturated heterocycles. The third-order valence-corrected chi connectivity index (χ3v) is 7.10. The van der Waals surface area contributed by atoms with E-state index in [0.717, 1.165) is 40.9 Å². The van der Waals surface area contributed by atoms with E-state index in [4.69, 9.17) is 14.5 Å². The average molecular weight is 532 g/mol. The molecule has 1 aliphatic rings. The van der Waals surface area contributed by atoms with Crippen molar-refractivity contribution < 1.29 is 14.4 Å². The first-order valence-electron chi connectivity index (χ1n) is 12.8. The van der Waals surface area contributed by atoms with Crippen molar-refractivity contribution in [3.63, 3.8) is 0 Å². The number of hydrogen-bond donors (Lipinski definition) is 1. The zero-order chi connectivity index (χ0) is 27.7. The fourth-order valence-corrected chi connectivity index (χ4v) is 5.19. The number of fused-ring (bicyclic) bond motifs is 3. The minimum atomic E-state index is -0.379. The van der Waals surface area contributed by atoms with Crippen molar-refractivity contribution in [3.8, 4) is 17.0 Å². The molecule has 11 heteroatoms. The lowest BCUT2D eigenvalue weighted by molar-refractivity contribution is -0.384. The molecule has 1 unspecified atom stereocenters. The maximum absolute atomic E-state index is 12.1. The summed E-state index contributed by atoms with van der Waals surface area (Å²) in [7, 11) is 7.33. The molecule has 0 aliphatic carbocycles. The van der Waals surface area contributed by atoms with Gasteiger partial charge in [-0.2, -0.15) is 0 Å². The molecule has 0 radical (unpaired) electrons. The molecule has 5 rings (SSSR count). The molecule has 1 aliphatic heterocycles. The lowest BCUT2D eigenvalue weighted by Gasteiger charge is -2.29. The number of nitro groups is 1. The van der Waals surface area contributed by atoms with Crippen molar-refractivity contribution >= 4 is 33.9 Å². The van der Waals surface area contributed by atoms with Crippen molar-refractivity contribution in [1.82, 2.24) is 19.4 Å². The molecular formula is C28H33N7O4. The fourth-order valence-electron chi connectivity index (χ4n) is 5.19. The number of rotatable bonds is 9. The topological polar surface area (TPSA) is 111 Å². The molecule has 0 amide bonds. The van der Waals surface area contributed by atoms with Gasteiger partial charge in [-0.25, -0.2) is 9.97 Å². The lowest BCUT2D eigenvalue weighted by atomic mass is 10.1. The number of aromatic nitrogens is 3. The summed E-state index contributed by atoms with van der Waals surface area (Å²) < 4.78 is 13.7. The number of para-hydroxylation sites is 1. The quantitative estimate of drug-likeness (QED) is 0.243. The number of likely N-dealkylation sites (N-methyl/N-ethyl adjacent to an activating group) is 2. The van der Waals surface area contributed by atoms with Crippen LogP contribution in [0.2, 0.25) is 0 Å². The average Bonchev–Trinajstić information content (AvgIpc) is 3.26. The molecule has 1 N–H and O–H groups in total. The summed E-state index contributed by atoms with van der Waals surface area (Å²) in [5.74, 6) is 0.761. The zero-order valence-electron chi connectivity index (χ0n) is 22.8. The monoisotopic (exact) mass is 531 g/mol. The van der Waals surface area contributed by atoms with Crippen LogP contribution in [-0.2, 0) is 17.9 Å². The van der Waals surface area contributed by atoms with E-state index < -0.39 is 0 Å². The van der Waals surface area contributed by atoms with Gasteiger partial charge in [-0.15, -0.1) is 0 Å². The third-order valence-electron chi connectivity index (χ3n) is 7.10. The molecular weight excluding hydrogens is 498 g/mol. The zero-order valence-corrected chi connectivity index (χ0v) is 22.8. The third kappa shape index (κ3) is 5.10. The van der Waals surface area contributed by atoms with E-state index >= 15 is 0 Å². The number of nitrogens with one attached hydrogen (secondary N) is 1. The van der Waals surface area contributed by atoms with Crippen molar-refractivity contribution in [2.24, 2.45) is 0 Å². The van der Waals surface area contributed by atoms with Crippen LogP contribution in [0.25, 0.3) is 22.2 Å². The number of nitro benzene ring substituents is 1. The SMILES string of the molecule is COc1cc(N(C)C(C)CN(C)C)c([N+](=O)[O-])cc1Nc1nccc(-c2c3n(c4ccccc24)CCOC3)n1. The van der Waals surface area contributed by atoms with Gasteiger partial charge in [0.15, 0.2) is 0 Å². The summed E-state index contributed by atoms with van der Waals surface area (Å²) in [6, 6.07) is 13.3. The van der Waals surface area contributed by atoms with Gasteiger partial charge >= 0.3 is 0 Å². The summed E-state index contributed by atoms with van der Waals surface area (Å²) >= 11 is 0. The van der Waals surface area contributed by atoms with Gasteiger partial charge in [-0.05, 0) is 33.2 Å². The van der Waals surface area contributed by atoms with E-state index in [-0.39, 0.29) is 16.7 Å². The first-order chi connectivity index (χ1) is 18.8. The summed E-state index contributed by atoms with van der Waals surface area (Å²) in [5.41, 5.74) is 4.79. The number of methoxy groups -OCH3 is 1. The van der Waals surface area contributed by atoms with Crippen LogP contribution in [0.15, 0.2) is 48.7 Å². The minimum Gasteiger partial charge on any atom is -0.494 e. The number of ether oxygens (including phenoxy) is 2. The molecule has 0 fully saturated rings. The van der Waals surface area contributed by atoms with E-state index in [2.05, 4.69) is 27.0 Å². The van der Waals surface area contributed by atoms with E-state index in [1.54, 1.807) is 12.3 Å². The number of nitrogens with zero attached hydrogens (tertiary/aromatic N) is 6. The van der Waals surface area contributed by atoms with Crippen LogP contribution in [0.1, 0.15) is 12.6 Å². The highest BCUT2D eigenvalue weighted by Gasteiger charge is 2.26. The van der Waals surface area contributed by atoms with Crippen LogP contribution in [-0.4, -0.2) is 71.8 Å². The van der Waals surface area contributed by atoms with E-state index in [1.165, 1.54) is 13.2 Å². The second kappa shape index (κ2) is 10.9. The maximum atomic E-state index is 12.1. The van der Waals surface area contributed by atoms with Crippen molar-refractivity contribution in [2.45, 2.75) is 26.1 Å². The molecule has 1 atom stereocenters. The van der Waals surface area contributed by atoms with Crippen LogP contribution < -0.4 is 15.0 Å². The normalized spacial score (nSPS) is 13.8. The summed E-state index contributed by atoms with van der Waals surface area (Å²) in [6.45, 7) is 4.70. The maximum Gasteiger partial charge on any atom is 0.294 e. The van der Waals surface area contributed by atoms with Gasteiger partial charge in [-0.3, -0.25) is 10.1 Å². The molecule has 0 spiro atoms. The first-order valence-corrected chi connectivity index (χ1v) is 12.8. The number of anilines is 3. The Balaban J connectivity index is 1.53. The number of benzene rings is 2. The Bertz CT molecular complexity index is 1520. The fraction of sp³-hybridized carbons (Fsp3) is 0.357. The lowest BCUT2D eigenvalue weighted by Crippen LogP contribution is -2.37. The van der Waals surface area contributed by atoms with Crippen LogP contribution in [0.3, 0.4) is 0 Å². The highest BCUT2D eigenvalue weighted by atomic mass is 16.6. The molecule has 4 aromatic rings. The van der Waals surface area contributed by atoms with Gasteiger partial charge in [0.25, 0.3) is 5.69 Å². The van der Waals surface area contributed by atoms with E-state index in [1.807, 2.05) is 56.1 Å². The smallest absolute Gasteiger partial charge is 0.294 e. The first kappa shape index (κ1) is 26.4. The molecule has 0 saturated carbocycles. The molecule has 2 aromatic heterocycles. The second-order valence-corrected chi connectivity index (χ2v) is 9.95. The van der Waals surface area contributed by atoms with E-state index in [9.17, 15) is 10.1 Å². The summed E-state index contributed by atoms with van der Waals surface area (Å²) in [5, 5.41) is 16.4. The Labute approximate surface area is 227 Å². The van der Waals surface area contributed by atoms with E-state index in [0.29, 0.717) is 36.3 Å². The van der Waals surface area contributed by atoms with Gasteiger partial charge in [-0.1, -0.05) is 18.2 Å². The van der Waals surface area contributed by atoms with Gasteiger partial charge in [0, 0.05) is 61.0 Å². The van der Waals surface area contributed by atoms with Crippen molar-refractivity contribution in [3.05, 3.63) is 64.5 Å². The van der Waals surface area contributed by atoms with Crippen LogP contribution >= 0.6 is 0 Å². The predicted molar refractivity (Wildman–Crippen MR) is 152 cm³/mol. The molecule has 3 heterocycles. The summed E-state index contributed by atoms with van der Waals surface area (Å²) in [6.07, 6.45) is 1.68. The highest BCUT2D eigenvalue weighted by molar-refractivity contribution is 5.97. The van der Waals surface area contributed by atoms with Gasteiger partial charge in [0.2, 0.25) is 5.95 Å². The van der Waals surface area contributed by atoms with Gasteiger partial charge < -0.3 is 29.2 Å². The Morgan fingerprint density at radius 1 is 1.23 bits per heavy atom. The van der Waals surface area contributed by atoms with Gasteiger partial charge in [0.1, 0.15) is 11.4 Å². The van der Waals surface area contributed by atoms with Crippen molar-refractivity contribution in [2.75, 3.05) is 51.6 Å². The Morgan fingerprint density at radius 3 is 2.77 bits per heavy atom. The largest absolute Gasteiger partial charge is 0.494 e. The van der Waals surface area contributed by atoms with Gasteiger partial charge in [0.05, 0.1) is 42.3 Å². The Kier molecular flexibility index (Phi) is 7.36. The Hall–Kier alpha value is -4.22. The molecule has 11 nitrogen and oxygen atoms in total. The standard InChI is InChI=1S/C28H33N7O4/c1-18(16-32(2)3)33(4)23-15-26(38-5)21(14-24(23)35(36)37)31-28-29-11-10-20(30-28)27-19-8-6-7-9-22(19)34-12-13-39-17-25(27)34/h6-11,14-15,18H,12-13,16-17H2,1-5H3,(H,29,30,31). The highest BCUT2D eigenvalue weighted by Crippen LogP contribution is 2.40. The van der Waals surface area contributed by atoms with Crippen molar-refractivity contribution in [1.29, 1.82) is 0 Å². The molecule has 204 valence electrons. The molecule has 2 aromatic carbocycles. The minimum absolute atomic E-state index is 0.0350. The molecule has 0 bridgehead atoms. The Morgan fingerprint density at radius 2 is 2.03 bits per heavy atom. The number of hydrogen-bond acceptors (Lipinski definition) is 9. The molecule has 39 heavy (non-hydrogen) atoms. The van der Waals surface area contributed by atoms with Crippen LogP contribution in [0.4, 0.5) is 23.0 Å².